The van der Waals surface area contributed by atoms with E-state index in [0.29, 0.717) is 24.6 Å². The van der Waals surface area contributed by atoms with Crippen LogP contribution in [-0.2, 0) is 29.0 Å². The number of rotatable bonds is 6. The Morgan fingerprint density at radius 3 is 2.21 bits per heavy atom. The minimum absolute atomic E-state index is 0.0312. The Morgan fingerprint density at radius 1 is 1.03 bits per heavy atom. The van der Waals surface area contributed by atoms with Crippen LogP contribution < -0.4 is 14.4 Å². The van der Waals surface area contributed by atoms with Gasteiger partial charge in [0.1, 0.15) is 6.54 Å². The van der Waals surface area contributed by atoms with Crippen molar-refractivity contribution in [2.45, 2.75) is 33.2 Å². The third-order valence-corrected chi connectivity index (χ3v) is 5.40. The summed E-state index contributed by atoms with van der Waals surface area (Å²) in [6.45, 7) is 4.71. The maximum atomic E-state index is 13.0. The number of benzene rings is 2. The number of hydrogen-bond acceptors (Lipinski definition) is 4. The van der Waals surface area contributed by atoms with Gasteiger partial charge in [0.25, 0.3) is 0 Å². The first-order valence-corrected chi connectivity index (χ1v) is 9.85. The molecule has 6 heteroatoms. The van der Waals surface area contributed by atoms with Gasteiger partial charge in [-0.3, -0.25) is 9.59 Å². The van der Waals surface area contributed by atoms with Crippen LogP contribution in [-0.4, -0.2) is 44.0 Å². The summed E-state index contributed by atoms with van der Waals surface area (Å²) < 4.78 is 10.8. The first-order chi connectivity index (χ1) is 14.0. The molecule has 2 aromatic rings. The molecular formula is C23H28N2O4. The molecule has 0 atom stereocenters. The average molecular weight is 396 g/mol. The molecule has 0 saturated carbocycles. The molecule has 1 heterocycles. The highest BCUT2D eigenvalue weighted by Crippen LogP contribution is 2.33. The van der Waals surface area contributed by atoms with Gasteiger partial charge in [0.05, 0.1) is 14.2 Å². The Balaban J connectivity index is 1.75. The van der Waals surface area contributed by atoms with E-state index in [0.717, 1.165) is 29.7 Å². The van der Waals surface area contributed by atoms with Gasteiger partial charge in [0, 0.05) is 25.7 Å². The third-order valence-electron chi connectivity index (χ3n) is 5.40. The summed E-state index contributed by atoms with van der Waals surface area (Å²) in [5, 5.41) is 0. The van der Waals surface area contributed by atoms with E-state index in [1.165, 1.54) is 17.4 Å². The van der Waals surface area contributed by atoms with E-state index in [9.17, 15) is 9.59 Å². The Hall–Kier alpha value is -3.02. The molecule has 0 radical (unpaired) electrons. The number of carbonyl (C=O) groups is 2. The monoisotopic (exact) mass is 396 g/mol. The van der Waals surface area contributed by atoms with Crippen LogP contribution in [0.1, 0.15) is 30.5 Å². The predicted molar refractivity (Wildman–Crippen MR) is 113 cm³/mol. The van der Waals surface area contributed by atoms with Crippen molar-refractivity contribution >= 4 is 17.5 Å². The Morgan fingerprint density at radius 2 is 1.66 bits per heavy atom. The van der Waals surface area contributed by atoms with E-state index in [4.69, 9.17) is 9.47 Å². The SMILES string of the molecule is CCc1ccc(N(CC(=O)N2CCc3cc(OC)c(OC)cc3C2)C(C)=O)cc1. The van der Waals surface area contributed by atoms with Crippen LogP contribution in [0.5, 0.6) is 11.5 Å². The first-order valence-electron chi connectivity index (χ1n) is 9.85. The molecule has 0 spiro atoms. The van der Waals surface area contributed by atoms with Crippen LogP contribution in [0, 0.1) is 0 Å². The molecule has 154 valence electrons. The fourth-order valence-electron chi connectivity index (χ4n) is 3.63. The quantitative estimate of drug-likeness (QED) is 0.752. The molecule has 0 aliphatic carbocycles. The molecule has 6 nitrogen and oxygen atoms in total. The summed E-state index contributed by atoms with van der Waals surface area (Å²) >= 11 is 0. The van der Waals surface area contributed by atoms with Crippen LogP contribution in [0.2, 0.25) is 0 Å². The zero-order valence-electron chi connectivity index (χ0n) is 17.5. The van der Waals surface area contributed by atoms with Crippen molar-refractivity contribution < 1.29 is 19.1 Å². The van der Waals surface area contributed by atoms with Crippen LogP contribution in [0.25, 0.3) is 0 Å². The number of fused-ring (bicyclic) bond motifs is 1. The van der Waals surface area contributed by atoms with Crippen molar-refractivity contribution in [3.05, 3.63) is 53.1 Å². The summed E-state index contributed by atoms with van der Waals surface area (Å²) in [7, 11) is 3.22. The van der Waals surface area contributed by atoms with Gasteiger partial charge in [-0.2, -0.15) is 0 Å². The first kappa shape index (κ1) is 20.7. The van der Waals surface area contributed by atoms with Gasteiger partial charge >= 0.3 is 0 Å². The fourth-order valence-corrected chi connectivity index (χ4v) is 3.63. The van der Waals surface area contributed by atoms with Gasteiger partial charge in [-0.05, 0) is 53.8 Å². The molecule has 29 heavy (non-hydrogen) atoms. The van der Waals surface area contributed by atoms with E-state index >= 15 is 0 Å². The minimum Gasteiger partial charge on any atom is -0.493 e. The number of hydrogen-bond donors (Lipinski definition) is 0. The average Bonchev–Trinajstić information content (AvgIpc) is 2.75. The molecule has 3 rings (SSSR count). The molecule has 2 aromatic carbocycles. The number of nitrogens with zero attached hydrogens (tertiary/aromatic N) is 2. The van der Waals surface area contributed by atoms with Crippen LogP contribution in [0.4, 0.5) is 5.69 Å². The maximum Gasteiger partial charge on any atom is 0.242 e. The Bertz CT molecular complexity index is 892. The Kier molecular flexibility index (Phi) is 6.42. The van der Waals surface area contributed by atoms with E-state index in [1.807, 2.05) is 36.4 Å². The molecule has 2 amide bonds. The van der Waals surface area contributed by atoms with Crippen molar-refractivity contribution in [1.29, 1.82) is 0 Å². The van der Waals surface area contributed by atoms with Crippen LogP contribution in [0.15, 0.2) is 36.4 Å². The molecular weight excluding hydrogens is 368 g/mol. The standard InChI is InChI=1S/C23H28N2O4/c1-5-17-6-8-20(9-7-17)25(16(2)26)15-23(27)24-11-10-18-12-21(28-3)22(29-4)13-19(18)14-24/h6-9,12-13H,5,10-11,14-15H2,1-4H3. The van der Waals surface area contributed by atoms with Crippen molar-refractivity contribution in [2.75, 3.05) is 32.2 Å². The van der Waals surface area contributed by atoms with Gasteiger partial charge in [0.15, 0.2) is 11.5 Å². The summed E-state index contributed by atoms with van der Waals surface area (Å²) in [5.41, 5.74) is 4.14. The molecule has 0 N–H and O–H groups in total. The van der Waals surface area contributed by atoms with Crippen molar-refractivity contribution in [2.24, 2.45) is 0 Å². The third kappa shape index (κ3) is 4.53. The normalized spacial score (nSPS) is 12.9. The summed E-state index contributed by atoms with van der Waals surface area (Å²) in [6, 6.07) is 11.7. The van der Waals surface area contributed by atoms with Crippen molar-refractivity contribution in [3.8, 4) is 11.5 Å². The van der Waals surface area contributed by atoms with E-state index in [-0.39, 0.29) is 18.4 Å². The number of aryl methyl sites for hydroxylation is 1. The second-order valence-corrected chi connectivity index (χ2v) is 7.17. The number of carbonyl (C=O) groups excluding carboxylic acids is 2. The molecule has 0 unspecified atom stereocenters. The fraction of sp³-hybridized carbons (Fsp3) is 0.391. The van der Waals surface area contributed by atoms with Gasteiger partial charge in [-0.1, -0.05) is 19.1 Å². The summed E-state index contributed by atoms with van der Waals surface area (Å²) in [6.07, 6.45) is 1.67. The van der Waals surface area contributed by atoms with Crippen LogP contribution >= 0.6 is 0 Å². The number of ether oxygens (including phenoxy) is 2. The number of amides is 2. The lowest BCUT2D eigenvalue weighted by Gasteiger charge is -2.31. The summed E-state index contributed by atoms with van der Waals surface area (Å²) in [5.74, 6) is 1.14. The molecule has 0 aromatic heterocycles. The van der Waals surface area contributed by atoms with Crippen molar-refractivity contribution in [3.63, 3.8) is 0 Å². The van der Waals surface area contributed by atoms with E-state index < -0.39 is 0 Å². The number of methoxy groups -OCH3 is 2. The van der Waals surface area contributed by atoms with E-state index in [2.05, 4.69) is 6.92 Å². The highest BCUT2D eigenvalue weighted by Gasteiger charge is 2.25. The summed E-state index contributed by atoms with van der Waals surface area (Å²) in [4.78, 5) is 28.5. The van der Waals surface area contributed by atoms with Gasteiger partial charge in [-0.25, -0.2) is 0 Å². The highest BCUT2D eigenvalue weighted by atomic mass is 16.5. The zero-order valence-corrected chi connectivity index (χ0v) is 17.5. The highest BCUT2D eigenvalue weighted by molar-refractivity contribution is 5.97. The Labute approximate surface area is 172 Å². The second kappa shape index (κ2) is 8.99. The largest absolute Gasteiger partial charge is 0.493 e. The molecule has 1 aliphatic heterocycles. The molecule has 0 fully saturated rings. The topological polar surface area (TPSA) is 59.1 Å². The van der Waals surface area contributed by atoms with Gasteiger partial charge in [-0.15, -0.1) is 0 Å². The molecule has 1 aliphatic rings. The lowest BCUT2D eigenvalue weighted by Crippen LogP contribution is -2.44. The molecule has 0 saturated heterocycles. The molecule has 0 bridgehead atoms. The van der Waals surface area contributed by atoms with E-state index in [1.54, 1.807) is 19.1 Å². The van der Waals surface area contributed by atoms with Gasteiger partial charge in [0.2, 0.25) is 11.8 Å². The van der Waals surface area contributed by atoms with Crippen molar-refractivity contribution in [1.82, 2.24) is 4.90 Å². The minimum atomic E-state index is -0.147. The lowest BCUT2D eigenvalue weighted by atomic mass is 9.98. The lowest BCUT2D eigenvalue weighted by molar-refractivity contribution is -0.132. The second-order valence-electron chi connectivity index (χ2n) is 7.17. The van der Waals surface area contributed by atoms with Gasteiger partial charge < -0.3 is 19.3 Å². The smallest absolute Gasteiger partial charge is 0.242 e. The zero-order chi connectivity index (χ0) is 21.0. The predicted octanol–water partition coefficient (Wildman–Crippen LogP) is 3.20. The van der Waals surface area contributed by atoms with Crippen LogP contribution in [0.3, 0.4) is 0 Å². The maximum absolute atomic E-state index is 13.0. The number of anilines is 1.